The molecule has 13 heavy (non-hydrogen) atoms. The van der Waals surface area contributed by atoms with E-state index >= 15 is 0 Å². The minimum Gasteiger partial charge on any atom is -0.453 e. The average Bonchev–Trinajstić information content (AvgIpc) is 2.01. The van der Waals surface area contributed by atoms with Crippen molar-refractivity contribution in [1.82, 2.24) is 5.32 Å². The molecule has 0 aliphatic heterocycles. The van der Waals surface area contributed by atoms with Crippen molar-refractivity contribution >= 4 is 11.9 Å². The number of alkyl carbamates (subject to hydrolysis) is 1. The second-order valence-electron chi connectivity index (χ2n) is 3.97. The number of ether oxygens (including phenoxy) is 1. The number of nitrogens with one attached hydrogen (secondary N) is 1. The molecule has 0 unspecified atom stereocenters. The molecular formula is C9H17NO3. The van der Waals surface area contributed by atoms with Gasteiger partial charge in [0.15, 0.2) is 5.78 Å². The van der Waals surface area contributed by atoms with Crippen molar-refractivity contribution in [3.63, 3.8) is 0 Å². The van der Waals surface area contributed by atoms with E-state index in [2.05, 4.69) is 10.1 Å². The van der Waals surface area contributed by atoms with Gasteiger partial charge >= 0.3 is 6.09 Å². The summed E-state index contributed by atoms with van der Waals surface area (Å²) >= 11 is 0. The van der Waals surface area contributed by atoms with E-state index in [1.165, 1.54) is 7.11 Å². The molecule has 0 aliphatic carbocycles. The zero-order valence-electron chi connectivity index (χ0n) is 8.80. The Kier molecular flexibility index (Phi) is 3.91. The lowest BCUT2D eigenvalue weighted by atomic mass is 9.87. The number of carbonyl (C=O) groups excluding carboxylic acids is 2. The van der Waals surface area contributed by atoms with Crippen LogP contribution in [-0.4, -0.2) is 25.0 Å². The second-order valence-corrected chi connectivity index (χ2v) is 3.97. The molecule has 0 saturated carbocycles. The third kappa shape index (κ3) is 3.92. The van der Waals surface area contributed by atoms with Gasteiger partial charge in [-0.15, -0.1) is 0 Å². The van der Waals surface area contributed by atoms with Crippen LogP contribution >= 0.6 is 0 Å². The summed E-state index contributed by atoms with van der Waals surface area (Å²) in [6, 6.07) is -0.507. The third-order valence-corrected chi connectivity index (χ3v) is 1.65. The Balaban J connectivity index is 4.20. The van der Waals surface area contributed by atoms with Crippen LogP contribution in [0.1, 0.15) is 27.7 Å². The van der Waals surface area contributed by atoms with E-state index in [9.17, 15) is 9.59 Å². The van der Waals surface area contributed by atoms with Crippen LogP contribution in [-0.2, 0) is 9.53 Å². The summed E-state index contributed by atoms with van der Waals surface area (Å²) in [4.78, 5) is 22.3. The summed E-state index contributed by atoms with van der Waals surface area (Å²) in [5.74, 6) is -0.0158. The molecule has 0 aliphatic rings. The maximum absolute atomic E-state index is 11.5. The van der Waals surface area contributed by atoms with E-state index in [1.54, 1.807) is 6.92 Å². The van der Waals surface area contributed by atoms with Gasteiger partial charge in [-0.05, 0) is 6.92 Å². The van der Waals surface area contributed by atoms with E-state index in [0.717, 1.165) is 0 Å². The monoisotopic (exact) mass is 187 g/mol. The Labute approximate surface area is 78.6 Å². The molecule has 0 aromatic heterocycles. The van der Waals surface area contributed by atoms with E-state index in [0.29, 0.717) is 0 Å². The minimum absolute atomic E-state index is 0.0158. The van der Waals surface area contributed by atoms with E-state index in [-0.39, 0.29) is 5.78 Å². The quantitative estimate of drug-likeness (QED) is 0.709. The van der Waals surface area contributed by atoms with Gasteiger partial charge in [-0.3, -0.25) is 4.79 Å². The van der Waals surface area contributed by atoms with E-state index < -0.39 is 17.6 Å². The normalized spacial score (nSPS) is 13.3. The Hall–Kier alpha value is -1.06. The third-order valence-electron chi connectivity index (χ3n) is 1.65. The zero-order chi connectivity index (χ0) is 10.6. The second kappa shape index (κ2) is 4.25. The predicted octanol–water partition coefficient (Wildman–Crippen LogP) is 1.35. The van der Waals surface area contributed by atoms with Crippen LogP contribution in [0.2, 0.25) is 0 Å². The molecule has 1 amide bonds. The number of amides is 1. The molecule has 0 heterocycles. The molecule has 0 aromatic carbocycles. The van der Waals surface area contributed by atoms with E-state index in [4.69, 9.17) is 0 Å². The number of hydrogen-bond acceptors (Lipinski definition) is 3. The van der Waals surface area contributed by atoms with Crippen LogP contribution in [0, 0.1) is 5.41 Å². The SMILES string of the molecule is COC(=O)N[C@@H](C)C(=O)C(C)(C)C. The van der Waals surface area contributed by atoms with Gasteiger partial charge in [0.25, 0.3) is 0 Å². The Bertz CT molecular complexity index is 205. The summed E-state index contributed by atoms with van der Waals surface area (Å²) < 4.78 is 4.38. The van der Waals surface area contributed by atoms with Crippen molar-refractivity contribution in [1.29, 1.82) is 0 Å². The van der Waals surface area contributed by atoms with Gasteiger partial charge in [0.2, 0.25) is 0 Å². The van der Waals surface area contributed by atoms with Crippen LogP contribution in [0.4, 0.5) is 4.79 Å². The Morgan fingerprint density at radius 2 is 1.77 bits per heavy atom. The number of hydrogen-bond donors (Lipinski definition) is 1. The van der Waals surface area contributed by atoms with Crippen LogP contribution in [0.3, 0.4) is 0 Å². The summed E-state index contributed by atoms with van der Waals surface area (Å²) in [5.41, 5.74) is -0.444. The molecule has 0 spiro atoms. The smallest absolute Gasteiger partial charge is 0.407 e. The van der Waals surface area contributed by atoms with Crippen molar-refractivity contribution in [3.8, 4) is 0 Å². The fourth-order valence-electron chi connectivity index (χ4n) is 0.951. The molecular weight excluding hydrogens is 170 g/mol. The number of rotatable bonds is 2. The molecule has 0 aromatic rings. The molecule has 4 nitrogen and oxygen atoms in total. The largest absolute Gasteiger partial charge is 0.453 e. The molecule has 0 bridgehead atoms. The standard InChI is InChI=1S/C9H17NO3/c1-6(10-8(12)13-5)7(11)9(2,3)4/h6H,1-5H3,(H,10,12)/t6-/m0/s1. The van der Waals surface area contributed by atoms with Gasteiger partial charge in [-0.2, -0.15) is 0 Å². The highest BCUT2D eigenvalue weighted by Crippen LogP contribution is 2.16. The molecule has 1 atom stereocenters. The zero-order valence-corrected chi connectivity index (χ0v) is 8.80. The van der Waals surface area contributed by atoms with Gasteiger partial charge in [-0.25, -0.2) is 4.79 Å². The molecule has 0 fully saturated rings. The Morgan fingerprint density at radius 3 is 2.08 bits per heavy atom. The lowest BCUT2D eigenvalue weighted by Crippen LogP contribution is -2.43. The van der Waals surface area contributed by atoms with Gasteiger partial charge < -0.3 is 10.1 Å². The topological polar surface area (TPSA) is 55.4 Å². The van der Waals surface area contributed by atoms with Crippen molar-refractivity contribution in [3.05, 3.63) is 0 Å². The van der Waals surface area contributed by atoms with Gasteiger partial charge in [-0.1, -0.05) is 20.8 Å². The van der Waals surface area contributed by atoms with Gasteiger partial charge in [0.1, 0.15) is 0 Å². The first-order valence-electron chi connectivity index (χ1n) is 4.18. The number of ketones is 1. The minimum atomic E-state index is -0.579. The van der Waals surface area contributed by atoms with Crippen LogP contribution in [0.5, 0.6) is 0 Å². The highest BCUT2D eigenvalue weighted by molar-refractivity contribution is 5.90. The highest BCUT2D eigenvalue weighted by Gasteiger charge is 2.27. The number of methoxy groups -OCH3 is 1. The molecule has 0 saturated heterocycles. The highest BCUT2D eigenvalue weighted by atomic mass is 16.5. The Morgan fingerprint density at radius 1 is 1.31 bits per heavy atom. The van der Waals surface area contributed by atoms with Crippen molar-refractivity contribution in [2.24, 2.45) is 5.41 Å². The molecule has 0 rings (SSSR count). The first-order chi connectivity index (χ1) is 5.79. The van der Waals surface area contributed by atoms with Gasteiger partial charge in [0, 0.05) is 5.41 Å². The maximum atomic E-state index is 11.5. The van der Waals surface area contributed by atoms with Crippen molar-refractivity contribution in [2.45, 2.75) is 33.7 Å². The first kappa shape index (κ1) is 11.9. The number of carbonyl (C=O) groups is 2. The lowest BCUT2D eigenvalue weighted by Gasteiger charge is -2.21. The molecule has 1 N–H and O–H groups in total. The summed E-state index contributed by atoms with van der Waals surface area (Å²) in [5, 5.41) is 2.43. The molecule has 76 valence electrons. The molecule has 0 radical (unpaired) electrons. The van der Waals surface area contributed by atoms with Crippen molar-refractivity contribution < 1.29 is 14.3 Å². The van der Waals surface area contributed by atoms with Crippen LogP contribution < -0.4 is 5.32 Å². The summed E-state index contributed by atoms with van der Waals surface area (Å²) in [6.07, 6.45) is -0.579. The van der Waals surface area contributed by atoms with Crippen LogP contribution in [0.15, 0.2) is 0 Å². The fraction of sp³-hybridized carbons (Fsp3) is 0.778. The van der Waals surface area contributed by atoms with E-state index in [1.807, 2.05) is 20.8 Å². The molecule has 4 heteroatoms. The first-order valence-corrected chi connectivity index (χ1v) is 4.18. The fourth-order valence-corrected chi connectivity index (χ4v) is 0.951. The number of Topliss-reactive ketones (excluding diaryl/α,β-unsaturated/α-hetero) is 1. The summed E-state index contributed by atoms with van der Waals surface area (Å²) in [7, 11) is 1.27. The lowest BCUT2D eigenvalue weighted by molar-refractivity contribution is -0.127. The summed E-state index contributed by atoms with van der Waals surface area (Å²) in [6.45, 7) is 7.07. The van der Waals surface area contributed by atoms with Gasteiger partial charge in [0.05, 0.1) is 13.2 Å². The van der Waals surface area contributed by atoms with Crippen molar-refractivity contribution in [2.75, 3.05) is 7.11 Å². The predicted molar refractivity (Wildman–Crippen MR) is 49.5 cm³/mol. The maximum Gasteiger partial charge on any atom is 0.407 e. The van der Waals surface area contributed by atoms with Crippen LogP contribution in [0.25, 0.3) is 0 Å². The average molecular weight is 187 g/mol.